The molecule has 0 aliphatic carbocycles. The van der Waals surface area contributed by atoms with E-state index in [0.29, 0.717) is 26.0 Å². The van der Waals surface area contributed by atoms with Gasteiger partial charge in [0.2, 0.25) is 0 Å². The van der Waals surface area contributed by atoms with Gasteiger partial charge < -0.3 is 9.84 Å². The molecule has 2 N–H and O–H groups in total. The van der Waals surface area contributed by atoms with Crippen molar-refractivity contribution in [3.05, 3.63) is 22.4 Å². The van der Waals surface area contributed by atoms with Crippen LogP contribution in [0.4, 0.5) is 0 Å². The number of hydrogen-bond donors (Lipinski definition) is 2. The molecule has 0 bridgehead atoms. The molecule has 2 heterocycles. The first-order chi connectivity index (χ1) is 9.00. The number of carboxylic acids is 1. The quantitative estimate of drug-likeness (QED) is 0.872. The van der Waals surface area contributed by atoms with Crippen molar-refractivity contribution in [3.8, 4) is 0 Å². The lowest BCUT2D eigenvalue weighted by atomic mass is 9.79. The minimum atomic E-state index is -0.868. The molecule has 0 aromatic carbocycles. The van der Waals surface area contributed by atoms with Crippen molar-refractivity contribution in [2.75, 3.05) is 6.61 Å². The number of carboxylic acid groups (broad SMARTS) is 1. The number of ether oxygens (including phenoxy) is 1. The number of thiophene rings is 1. The summed E-state index contributed by atoms with van der Waals surface area (Å²) in [4.78, 5) is 12.9. The van der Waals surface area contributed by atoms with Gasteiger partial charge in [0.05, 0.1) is 5.60 Å². The molecule has 1 aromatic heterocycles. The molecule has 1 fully saturated rings. The van der Waals surface area contributed by atoms with Gasteiger partial charge in [0, 0.05) is 24.4 Å². The van der Waals surface area contributed by atoms with E-state index >= 15 is 0 Å². The fourth-order valence-corrected chi connectivity index (χ4v) is 3.20. The SMILES string of the molecule is CCC1(C)CC(NCc2cccs2)(C(=O)O)CCO1. The Kier molecular flexibility index (Phi) is 4.28. The van der Waals surface area contributed by atoms with Crippen LogP contribution in [0.5, 0.6) is 0 Å². The van der Waals surface area contributed by atoms with Gasteiger partial charge in [-0.3, -0.25) is 10.1 Å². The van der Waals surface area contributed by atoms with Crippen molar-refractivity contribution >= 4 is 17.3 Å². The number of aliphatic carboxylic acids is 1. The summed E-state index contributed by atoms with van der Waals surface area (Å²) in [5.41, 5.74) is -1.22. The molecule has 2 rings (SSSR count). The first-order valence-corrected chi connectivity index (χ1v) is 7.52. The fourth-order valence-electron chi connectivity index (χ4n) is 2.56. The van der Waals surface area contributed by atoms with Gasteiger partial charge in [0.15, 0.2) is 0 Å². The maximum atomic E-state index is 11.7. The van der Waals surface area contributed by atoms with E-state index in [-0.39, 0.29) is 5.60 Å². The van der Waals surface area contributed by atoms with E-state index in [1.54, 1.807) is 11.3 Å². The lowest BCUT2D eigenvalue weighted by Gasteiger charge is -2.44. The normalized spacial score (nSPS) is 31.3. The second-order valence-electron chi connectivity index (χ2n) is 5.40. The summed E-state index contributed by atoms with van der Waals surface area (Å²) in [5.74, 6) is -0.771. The summed E-state index contributed by atoms with van der Waals surface area (Å²) in [7, 11) is 0. The Bertz CT molecular complexity index is 434. The van der Waals surface area contributed by atoms with Gasteiger partial charge in [-0.05, 0) is 31.2 Å². The Hall–Kier alpha value is -0.910. The van der Waals surface area contributed by atoms with Crippen LogP contribution in [0.25, 0.3) is 0 Å². The van der Waals surface area contributed by atoms with Crippen LogP contribution >= 0.6 is 11.3 Å². The zero-order valence-electron chi connectivity index (χ0n) is 11.4. The van der Waals surface area contributed by atoms with Crippen LogP contribution in [0.2, 0.25) is 0 Å². The van der Waals surface area contributed by atoms with Crippen LogP contribution in [0, 0.1) is 0 Å². The molecule has 2 atom stereocenters. The molecular weight excluding hydrogens is 262 g/mol. The van der Waals surface area contributed by atoms with Crippen molar-refractivity contribution in [1.29, 1.82) is 0 Å². The average Bonchev–Trinajstić information content (AvgIpc) is 2.89. The largest absolute Gasteiger partial charge is 0.480 e. The number of hydrogen-bond acceptors (Lipinski definition) is 4. The molecule has 5 heteroatoms. The van der Waals surface area contributed by atoms with Gasteiger partial charge in [-0.15, -0.1) is 11.3 Å². The predicted octanol–water partition coefficient (Wildman–Crippen LogP) is 2.64. The van der Waals surface area contributed by atoms with E-state index in [9.17, 15) is 9.90 Å². The number of carbonyl (C=O) groups is 1. The molecule has 1 aliphatic heterocycles. The van der Waals surface area contributed by atoms with Crippen LogP contribution in [0.3, 0.4) is 0 Å². The summed E-state index contributed by atoms with van der Waals surface area (Å²) in [6.45, 7) is 5.13. The van der Waals surface area contributed by atoms with E-state index in [4.69, 9.17) is 4.74 Å². The molecule has 106 valence electrons. The molecule has 0 radical (unpaired) electrons. The second-order valence-corrected chi connectivity index (χ2v) is 6.43. The summed E-state index contributed by atoms with van der Waals surface area (Å²) >= 11 is 1.64. The van der Waals surface area contributed by atoms with E-state index in [1.807, 2.05) is 31.4 Å². The van der Waals surface area contributed by atoms with Crippen molar-refractivity contribution in [2.45, 2.75) is 50.8 Å². The van der Waals surface area contributed by atoms with Crippen molar-refractivity contribution in [2.24, 2.45) is 0 Å². The molecule has 1 saturated heterocycles. The third-order valence-corrected chi connectivity index (χ3v) is 4.87. The molecule has 2 unspecified atom stereocenters. The minimum absolute atomic E-state index is 0.348. The van der Waals surface area contributed by atoms with E-state index in [0.717, 1.165) is 11.3 Å². The molecule has 0 spiro atoms. The zero-order chi connectivity index (χ0) is 13.9. The number of nitrogens with one attached hydrogen (secondary N) is 1. The highest BCUT2D eigenvalue weighted by molar-refractivity contribution is 7.09. The monoisotopic (exact) mass is 283 g/mol. The van der Waals surface area contributed by atoms with Gasteiger partial charge in [-0.1, -0.05) is 13.0 Å². The third kappa shape index (κ3) is 3.16. The van der Waals surface area contributed by atoms with Gasteiger partial charge >= 0.3 is 5.97 Å². The molecule has 1 aromatic rings. The lowest BCUT2D eigenvalue weighted by molar-refractivity contribution is -0.160. The van der Waals surface area contributed by atoms with Crippen LogP contribution < -0.4 is 5.32 Å². The summed E-state index contributed by atoms with van der Waals surface area (Å²) in [6.07, 6.45) is 1.85. The molecule has 19 heavy (non-hydrogen) atoms. The predicted molar refractivity (Wildman–Crippen MR) is 75.4 cm³/mol. The Morgan fingerprint density at radius 1 is 1.63 bits per heavy atom. The highest BCUT2D eigenvalue weighted by atomic mass is 32.1. The van der Waals surface area contributed by atoms with Crippen LogP contribution in [-0.2, 0) is 16.1 Å². The van der Waals surface area contributed by atoms with Gasteiger partial charge in [0.1, 0.15) is 5.54 Å². The molecular formula is C14H21NO3S. The second kappa shape index (κ2) is 5.61. The zero-order valence-corrected chi connectivity index (χ0v) is 12.3. The van der Waals surface area contributed by atoms with Crippen molar-refractivity contribution < 1.29 is 14.6 Å². The molecule has 0 amide bonds. The first-order valence-electron chi connectivity index (χ1n) is 6.64. The highest BCUT2D eigenvalue weighted by Crippen LogP contribution is 2.35. The topological polar surface area (TPSA) is 58.6 Å². The smallest absolute Gasteiger partial charge is 0.324 e. The fraction of sp³-hybridized carbons (Fsp3) is 0.643. The summed E-state index contributed by atoms with van der Waals surface area (Å²) in [5, 5.41) is 14.9. The Morgan fingerprint density at radius 2 is 2.42 bits per heavy atom. The van der Waals surface area contributed by atoms with E-state index < -0.39 is 11.5 Å². The van der Waals surface area contributed by atoms with Crippen LogP contribution in [0.15, 0.2) is 17.5 Å². The van der Waals surface area contributed by atoms with E-state index in [1.165, 1.54) is 0 Å². The Balaban J connectivity index is 2.11. The molecule has 4 nitrogen and oxygen atoms in total. The Morgan fingerprint density at radius 3 is 3.00 bits per heavy atom. The van der Waals surface area contributed by atoms with E-state index in [2.05, 4.69) is 5.32 Å². The maximum absolute atomic E-state index is 11.7. The third-order valence-electron chi connectivity index (χ3n) is 3.99. The van der Waals surface area contributed by atoms with Gasteiger partial charge in [0.25, 0.3) is 0 Å². The average molecular weight is 283 g/mol. The molecule has 1 aliphatic rings. The standard InChI is InChI=1S/C14H21NO3S/c1-3-13(2)10-14(12(16)17,6-7-18-13)15-9-11-5-4-8-19-11/h4-5,8,15H,3,6-7,9-10H2,1-2H3,(H,16,17). The highest BCUT2D eigenvalue weighted by Gasteiger charge is 2.47. The Labute approximate surface area is 117 Å². The minimum Gasteiger partial charge on any atom is -0.480 e. The lowest BCUT2D eigenvalue weighted by Crippen LogP contribution is -2.59. The van der Waals surface area contributed by atoms with Gasteiger partial charge in [-0.2, -0.15) is 0 Å². The number of rotatable bonds is 5. The summed E-state index contributed by atoms with van der Waals surface area (Å²) in [6, 6.07) is 4.00. The van der Waals surface area contributed by atoms with Crippen molar-refractivity contribution in [3.63, 3.8) is 0 Å². The summed E-state index contributed by atoms with van der Waals surface area (Å²) < 4.78 is 5.76. The maximum Gasteiger partial charge on any atom is 0.324 e. The van der Waals surface area contributed by atoms with Crippen LogP contribution in [-0.4, -0.2) is 28.8 Å². The molecule has 0 saturated carbocycles. The first kappa shape index (κ1) is 14.5. The van der Waals surface area contributed by atoms with Crippen molar-refractivity contribution in [1.82, 2.24) is 5.32 Å². The van der Waals surface area contributed by atoms with Gasteiger partial charge in [-0.25, -0.2) is 0 Å². The van der Waals surface area contributed by atoms with Crippen LogP contribution in [0.1, 0.15) is 38.0 Å².